The number of piperidine rings is 1. The fourth-order valence-electron chi connectivity index (χ4n) is 3.35. The molecule has 3 nitrogen and oxygen atoms in total. The molecule has 1 aliphatic heterocycles. The molecule has 4 heteroatoms. The summed E-state index contributed by atoms with van der Waals surface area (Å²) in [6.07, 6.45) is 4.37. The lowest BCUT2D eigenvalue weighted by Crippen LogP contribution is -2.37. The van der Waals surface area contributed by atoms with Crippen LogP contribution < -0.4 is 4.74 Å². The van der Waals surface area contributed by atoms with Crippen molar-refractivity contribution >= 4 is 22.5 Å². The van der Waals surface area contributed by atoms with Gasteiger partial charge in [0.25, 0.3) is 0 Å². The number of rotatable bonds is 4. The van der Waals surface area contributed by atoms with Gasteiger partial charge in [-0.3, -0.25) is 9.88 Å². The third kappa shape index (κ3) is 4.12. The van der Waals surface area contributed by atoms with Gasteiger partial charge in [-0.1, -0.05) is 29.8 Å². The second-order valence-corrected chi connectivity index (χ2v) is 7.02. The van der Waals surface area contributed by atoms with Crippen molar-refractivity contribution in [2.75, 3.05) is 13.1 Å². The largest absolute Gasteiger partial charge is 0.490 e. The van der Waals surface area contributed by atoms with Crippen molar-refractivity contribution in [2.45, 2.75) is 25.5 Å². The minimum absolute atomic E-state index is 0.284. The molecule has 128 valence electrons. The van der Waals surface area contributed by atoms with Crippen LogP contribution in [0.25, 0.3) is 10.9 Å². The van der Waals surface area contributed by atoms with Gasteiger partial charge in [-0.2, -0.15) is 0 Å². The summed E-state index contributed by atoms with van der Waals surface area (Å²) in [7, 11) is 0. The number of para-hydroxylation sites is 1. The highest BCUT2D eigenvalue weighted by Crippen LogP contribution is 2.22. The van der Waals surface area contributed by atoms with Crippen molar-refractivity contribution in [2.24, 2.45) is 0 Å². The highest BCUT2D eigenvalue weighted by Gasteiger charge is 2.20. The van der Waals surface area contributed by atoms with E-state index in [1.165, 1.54) is 10.9 Å². The molecule has 0 atom stereocenters. The molecule has 1 aromatic heterocycles. The molecule has 3 aromatic rings. The summed E-state index contributed by atoms with van der Waals surface area (Å²) in [6, 6.07) is 18.1. The third-order valence-electron chi connectivity index (χ3n) is 4.70. The van der Waals surface area contributed by atoms with E-state index in [1.54, 1.807) is 0 Å². The average Bonchev–Trinajstić information content (AvgIpc) is 2.65. The molecule has 0 amide bonds. The van der Waals surface area contributed by atoms with E-state index in [2.05, 4.69) is 34.1 Å². The van der Waals surface area contributed by atoms with Crippen molar-refractivity contribution in [3.8, 4) is 5.75 Å². The summed E-state index contributed by atoms with van der Waals surface area (Å²) in [4.78, 5) is 7.04. The molecule has 2 aromatic carbocycles. The van der Waals surface area contributed by atoms with Crippen LogP contribution in [0.4, 0.5) is 0 Å². The van der Waals surface area contributed by atoms with E-state index in [0.717, 1.165) is 48.8 Å². The van der Waals surface area contributed by atoms with Crippen LogP contribution in [0, 0.1) is 0 Å². The summed E-state index contributed by atoms with van der Waals surface area (Å²) in [5.41, 5.74) is 2.33. The van der Waals surface area contributed by atoms with Gasteiger partial charge in [0, 0.05) is 36.2 Å². The zero-order valence-corrected chi connectivity index (χ0v) is 14.8. The molecular formula is C21H21ClN2O. The van der Waals surface area contributed by atoms with Crippen molar-refractivity contribution < 1.29 is 4.74 Å². The van der Waals surface area contributed by atoms with Crippen molar-refractivity contribution in [3.05, 3.63) is 71.4 Å². The number of fused-ring (bicyclic) bond motifs is 1. The maximum absolute atomic E-state index is 6.07. The van der Waals surface area contributed by atoms with Crippen LogP contribution in [0.15, 0.2) is 60.8 Å². The lowest BCUT2D eigenvalue weighted by Gasteiger charge is -2.32. The Kier molecular flexibility index (Phi) is 4.86. The van der Waals surface area contributed by atoms with E-state index in [4.69, 9.17) is 16.3 Å². The fraction of sp³-hybridized carbons (Fsp3) is 0.286. The number of ether oxygens (including phenoxy) is 1. The van der Waals surface area contributed by atoms with Crippen molar-refractivity contribution in [3.63, 3.8) is 0 Å². The Morgan fingerprint density at radius 1 is 1.04 bits per heavy atom. The number of hydrogen-bond acceptors (Lipinski definition) is 3. The van der Waals surface area contributed by atoms with Crippen LogP contribution in [0.5, 0.6) is 5.75 Å². The standard InChI is InChI=1S/C21H21ClN2O/c22-18-5-7-19(8-6-18)25-20-9-11-24(12-10-20)15-16-13-17-3-1-2-4-21(17)23-14-16/h1-8,13-14,20H,9-12,15H2. The van der Waals surface area contributed by atoms with E-state index in [-0.39, 0.29) is 6.10 Å². The average molecular weight is 353 g/mol. The fourth-order valence-corrected chi connectivity index (χ4v) is 3.48. The molecule has 2 heterocycles. The van der Waals surface area contributed by atoms with Crippen LogP contribution in [0.1, 0.15) is 18.4 Å². The maximum Gasteiger partial charge on any atom is 0.119 e. The molecule has 1 aliphatic rings. The minimum atomic E-state index is 0.284. The third-order valence-corrected chi connectivity index (χ3v) is 4.96. The number of hydrogen-bond donors (Lipinski definition) is 0. The minimum Gasteiger partial charge on any atom is -0.490 e. The van der Waals surface area contributed by atoms with Gasteiger partial charge >= 0.3 is 0 Å². The molecule has 0 saturated carbocycles. The molecule has 0 radical (unpaired) electrons. The van der Waals surface area contributed by atoms with Crippen molar-refractivity contribution in [1.29, 1.82) is 0 Å². The Morgan fingerprint density at radius 2 is 1.80 bits per heavy atom. The zero-order valence-electron chi connectivity index (χ0n) is 14.1. The number of pyridine rings is 1. The lowest BCUT2D eigenvalue weighted by molar-refractivity contribution is 0.0968. The summed E-state index contributed by atoms with van der Waals surface area (Å²) in [5, 5.41) is 1.95. The van der Waals surface area contributed by atoms with Crippen LogP contribution in [-0.2, 0) is 6.54 Å². The molecule has 4 rings (SSSR count). The predicted octanol–water partition coefficient (Wildman–Crippen LogP) is 4.93. The van der Waals surface area contributed by atoms with Gasteiger partial charge in [-0.15, -0.1) is 0 Å². The normalized spacial score (nSPS) is 16.2. The summed E-state index contributed by atoms with van der Waals surface area (Å²) in [5.74, 6) is 0.904. The van der Waals surface area contributed by atoms with Gasteiger partial charge in [-0.25, -0.2) is 0 Å². The SMILES string of the molecule is Clc1ccc(OC2CCN(Cc3cnc4ccccc4c3)CC2)cc1. The molecule has 0 bridgehead atoms. The first-order valence-corrected chi connectivity index (χ1v) is 9.12. The van der Waals surface area contributed by atoms with Gasteiger partial charge < -0.3 is 4.74 Å². The lowest BCUT2D eigenvalue weighted by atomic mass is 10.1. The quantitative estimate of drug-likeness (QED) is 0.665. The van der Waals surface area contributed by atoms with Gasteiger partial charge in [-0.05, 0) is 54.8 Å². The van der Waals surface area contributed by atoms with Crippen LogP contribution in [0.2, 0.25) is 5.02 Å². The zero-order chi connectivity index (χ0) is 17.1. The Balaban J connectivity index is 1.32. The summed E-state index contributed by atoms with van der Waals surface area (Å²) in [6.45, 7) is 3.04. The predicted molar refractivity (Wildman–Crippen MR) is 102 cm³/mol. The Labute approximate surface area is 153 Å². The number of aromatic nitrogens is 1. The van der Waals surface area contributed by atoms with Crippen LogP contribution >= 0.6 is 11.6 Å². The molecule has 25 heavy (non-hydrogen) atoms. The number of nitrogens with zero attached hydrogens (tertiary/aromatic N) is 2. The number of halogens is 1. The smallest absolute Gasteiger partial charge is 0.119 e. The first kappa shape index (κ1) is 16.4. The van der Waals surface area contributed by atoms with Crippen molar-refractivity contribution in [1.82, 2.24) is 9.88 Å². The van der Waals surface area contributed by atoms with Crippen LogP contribution in [-0.4, -0.2) is 29.1 Å². The maximum atomic E-state index is 6.07. The Bertz CT molecular complexity index is 842. The van der Waals surface area contributed by atoms with E-state index in [1.807, 2.05) is 36.5 Å². The molecule has 0 spiro atoms. The highest BCUT2D eigenvalue weighted by molar-refractivity contribution is 6.30. The van der Waals surface area contributed by atoms with Crippen LogP contribution in [0.3, 0.4) is 0 Å². The number of benzene rings is 2. The number of likely N-dealkylation sites (tertiary alicyclic amines) is 1. The molecule has 0 N–H and O–H groups in total. The molecule has 0 aliphatic carbocycles. The van der Waals surface area contributed by atoms with E-state index in [9.17, 15) is 0 Å². The Hall–Kier alpha value is -2.10. The molecule has 1 fully saturated rings. The molecular weight excluding hydrogens is 332 g/mol. The van der Waals surface area contributed by atoms with Gasteiger partial charge in [0.1, 0.15) is 11.9 Å². The highest BCUT2D eigenvalue weighted by atomic mass is 35.5. The second kappa shape index (κ2) is 7.42. The molecule has 0 unspecified atom stereocenters. The van der Waals surface area contributed by atoms with E-state index in [0.29, 0.717) is 0 Å². The second-order valence-electron chi connectivity index (χ2n) is 6.58. The first-order valence-electron chi connectivity index (χ1n) is 8.74. The topological polar surface area (TPSA) is 25.4 Å². The van der Waals surface area contributed by atoms with E-state index < -0.39 is 0 Å². The van der Waals surface area contributed by atoms with Gasteiger partial charge in [0.05, 0.1) is 5.52 Å². The molecule has 1 saturated heterocycles. The van der Waals surface area contributed by atoms with Gasteiger partial charge in [0.2, 0.25) is 0 Å². The van der Waals surface area contributed by atoms with E-state index >= 15 is 0 Å². The summed E-state index contributed by atoms with van der Waals surface area (Å²) < 4.78 is 6.07. The first-order chi connectivity index (χ1) is 12.3. The van der Waals surface area contributed by atoms with Gasteiger partial charge in [0.15, 0.2) is 0 Å². The Morgan fingerprint density at radius 3 is 2.60 bits per heavy atom. The summed E-state index contributed by atoms with van der Waals surface area (Å²) >= 11 is 5.92. The monoisotopic (exact) mass is 352 g/mol.